The summed E-state index contributed by atoms with van der Waals surface area (Å²) < 4.78 is 13.0. The largest absolute Gasteiger partial charge is 0.486 e. The van der Waals surface area contributed by atoms with Crippen LogP contribution in [-0.4, -0.2) is 45.0 Å². The summed E-state index contributed by atoms with van der Waals surface area (Å²) >= 11 is 1.47. The first-order valence-electron chi connectivity index (χ1n) is 10.3. The van der Waals surface area contributed by atoms with E-state index in [1.165, 1.54) is 11.8 Å². The second-order valence-corrected chi connectivity index (χ2v) is 8.71. The summed E-state index contributed by atoms with van der Waals surface area (Å²) in [6.45, 7) is 9.12. The van der Waals surface area contributed by atoms with Gasteiger partial charge >= 0.3 is 0 Å². The van der Waals surface area contributed by atoms with E-state index in [9.17, 15) is 4.79 Å². The van der Waals surface area contributed by atoms with Gasteiger partial charge in [-0.25, -0.2) is 9.50 Å². The van der Waals surface area contributed by atoms with E-state index in [0.717, 1.165) is 34.0 Å². The summed E-state index contributed by atoms with van der Waals surface area (Å²) in [5.74, 6) is 2.16. The molecule has 4 rings (SSSR count). The number of nitrogens with one attached hydrogen (secondary N) is 1. The van der Waals surface area contributed by atoms with Crippen molar-refractivity contribution in [3.63, 3.8) is 0 Å². The molecule has 1 aliphatic rings. The molecule has 1 amide bonds. The van der Waals surface area contributed by atoms with Crippen molar-refractivity contribution in [2.45, 2.75) is 45.3 Å². The molecule has 9 heteroatoms. The van der Waals surface area contributed by atoms with E-state index in [1.54, 1.807) is 4.52 Å². The SMILES string of the molecule is CSc1nc2nc(C)c(CC(=O)N[C@@H](c3ccc4c(c3)OCCO4)C(C)C)c(C)n2n1. The van der Waals surface area contributed by atoms with Crippen molar-refractivity contribution < 1.29 is 14.3 Å². The highest BCUT2D eigenvalue weighted by atomic mass is 32.2. The van der Waals surface area contributed by atoms with Gasteiger partial charge in [0.25, 0.3) is 5.78 Å². The third kappa shape index (κ3) is 4.32. The monoisotopic (exact) mass is 441 g/mol. The molecule has 3 heterocycles. The standard InChI is InChI=1S/C22H27N5O3S/c1-12(2)20(15-6-7-17-18(10-15)30-9-8-29-17)24-19(28)11-16-13(3)23-21-25-22(31-5)26-27(21)14(16)4/h6-7,10,12,20H,8-9,11H2,1-5H3,(H,24,28)/t20-/m1/s1. The number of benzene rings is 1. The molecule has 8 nitrogen and oxygen atoms in total. The smallest absolute Gasteiger partial charge is 0.253 e. The summed E-state index contributed by atoms with van der Waals surface area (Å²) in [6.07, 6.45) is 2.15. The van der Waals surface area contributed by atoms with Gasteiger partial charge in [-0.05, 0) is 43.7 Å². The van der Waals surface area contributed by atoms with Gasteiger partial charge in [-0.3, -0.25) is 4.79 Å². The molecule has 0 fully saturated rings. The van der Waals surface area contributed by atoms with Crippen molar-refractivity contribution in [2.24, 2.45) is 5.92 Å². The summed E-state index contributed by atoms with van der Waals surface area (Å²) in [5.41, 5.74) is 3.54. The van der Waals surface area contributed by atoms with Gasteiger partial charge in [-0.15, -0.1) is 5.10 Å². The van der Waals surface area contributed by atoms with E-state index in [1.807, 2.05) is 38.3 Å². The lowest BCUT2D eigenvalue weighted by molar-refractivity contribution is -0.121. The number of thioether (sulfide) groups is 1. The van der Waals surface area contributed by atoms with E-state index >= 15 is 0 Å². The van der Waals surface area contributed by atoms with Crippen LogP contribution in [0.25, 0.3) is 5.78 Å². The number of hydrogen-bond acceptors (Lipinski definition) is 7. The Morgan fingerprint density at radius 1 is 1.19 bits per heavy atom. The Kier molecular flexibility index (Phi) is 6.04. The first-order valence-corrected chi connectivity index (χ1v) is 11.6. The highest BCUT2D eigenvalue weighted by molar-refractivity contribution is 7.98. The maximum Gasteiger partial charge on any atom is 0.253 e. The number of carbonyl (C=O) groups is 1. The first-order chi connectivity index (χ1) is 14.9. The number of nitrogens with zero attached hydrogens (tertiary/aromatic N) is 4. The lowest BCUT2D eigenvalue weighted by atomic mass is 9.95. The Bertz CT molecular complexity index is 1130. The van der Waals surface area contributed by atoms with Gasteiger partial charge in [0.15, 0.2) is 11.5 Å². The zero-order valence-corrected chi connectivity index (χ0v) is 19.2. The van der Waals surface area contributed by atoms with E-state index in [4.69, 9.17) is 9.47 Å². The number of hydrogen-bond donors (Lipinski definition) is 1. The third-order valence-electron chi connectivity index (χ3n) is 5.46. The molecule has 0 spiro atoms. The average molecular weight is 442 g/mol. The second-order valence-electron chi connectivity index (χ2n) is 7.94. The molecule has 0 unspecified atom stereocenters. The van der Waals surface area contributed by atoms with Gasteiger partial charge in [-0.1, -0.05) is 31.7 Å². The number of aromatic nitrogens is 4. The van der Waals surface area contributed by atoms with Crippen LogP contribution in [0.4, 0.5) is 0 Å². The number of rotatable bonds is 6. The zero-order valence-electron chi connectivity index (χ0n) is 18.4. The minimum atomic E-state index is -0.143. The summed E-state index contributed by atoms with van der Waals surface area (Å²) in [7, 11) is 0. The van der Waals surface area contributed by atoms with Gasteiger partial charge in [0.2, 0.25) is 11.1 Å². The van der Waals surface area contributed by atoms with Crippen LogP contribution in [0, 0.1) is 19.8 Å². The van der Waals surface area contributed by atoms with Crippen molar-refractivity contribution >= 4 is 23.4 Å². The molecule has 1 aliphatic heterocycles. The highest BCUT2D eigenvalue weighted by Gasteiger charge is 2.23. The number of ether oxygens (including phenoxy) is 2. The predicted molar refractivity (Wildman–Crippen MR) is 119 cm³/mol. The van der Waals surface area contributed by atoms with Crippen molar-refractivity contribution in [3.8, 4) is 11.5 Å². The number of carbonyl (C=O) groups excluding carboxylic acids is 1. The van der Waals surface area contributed by atoms with Crippen LogP contribution in [0.1, 0.15) is 42.4 Å². The lowest BCUT2D eigenvalue weighted by Crippen LogP contribution is -2.33. The Hall–Kier alpha value is -2.81. The molecule has 31 heavy (non-hydrogen) atoms. The molecule has 2 aromatic heterocycles. The molecule has 0 bridgehead atoms. The van der Waals surface area contributed by atoms with Crippen LogP contribution < -0.4 is 14.8 Å². The van der Waals surface area contributed by atoms with Gasteiger partial charge < -0.3 is 14.8 Å². The van der Waals surface area contributed by atoms with Crippen molar-refractivity contribution in [3.05, 3.63) is 40.7 Å². The van der Waals surface area contributed by atoms with Gasteiger partial charge in [0.05, 0.1) is 12.5 Å². The Balaban J connectivity index is 1.56. The lowest BCUT2D eigenvalue weighted by Gasteiger charge is -2.25. The number of amides is 1. The normalized spacial score (nSPS) is 14.1. The first kappa shape index (κ1) is 21.4. The molecule has 0 radical (unpaired) electrons. The highest BCUT2D eigenvalue weighted by Crippen LogP contribution is 2.34. The number of aryl methyl sites for hydroxylation is 2. The van der Waals surface area contributed by atoms with Crippen molar-refractivity contribution in [1.29, 1.82) is 0 Å². The fraction of sp³-hybridized carbons (Fsp3) is 0.455. The second kappa shape index (κ2) is 8.74. The average Bonchev–Trinajstić information content (AvgIpc) is 3.17. The van der Waals surface area contributed by atoms with E-state index in [2.05, 4.69) is 34.2 Å². The molecule has 0 saturated heterocycles. The van der Waals surface area contributed by atoms with Crippen LogP contribution in [0.5, 0.6) is 11.5 Å². The molecule has 3 aromatic rings. The molecule has 0 saturated carbocycles. The molecule has 1 aromatic carbocycles. The maximum absolute atomic E-state index is 13.0. The van der Waals surface area contributed by atoms with Crippen molar-refractivity contribution in [2.75, 3.05) is 19.5 Å². The van der Waals surface area contributed by atoms with Crippen LogP contribution in [0.15, 0.2) is 23.4 Å². The summed E-state index contributed by atoms with van der Waals surface area (Å²) in [6, 6.07) is 5.71. The third-order valence-corrected chi connectivity index (χ3v) is 6.00. The molecule has 164 valence electrons. The van der Waals surface area contributed by atoms with Crippen molar-refractivity contribution in [1.82, 2.24) is 24.9 Å². The minimum Gasteiger partial charge on any atom is -0.486 e. The maximum atomic E-state index is 13.0. The van der Waals surface area contributed by atoms with Crippen LogP contribution in [0.3, 0.4) is 0 Å². The Morgan fingerprint density at radius 3 is 2.65 bits per heavy atom. The fourth-order valence-corrected chi connectivity index (χ4v) is 4.14. The minimum absolute atomic E-state index is 0.0638. The zero-order chi connectivity index (χ0) is 22.1. The van der Waals surface area contributed by atoms with Crippen LogP contribution in [-0.2, 0) is 11.2 Å². The summed E-state index contributed by atoms with van der Waals surface area (Å²) in [4.78, 5) is 22.0. The Morgan fingerprint density at radius 2 is 1.94 bits per heavy atom. The Labute approximate surface area is 185 Å². The van der Waals surface area contributed by atoms with E-state index < -0.39 is 0 Å². The summed E-state index contributed by atoms with van der Waals surface area (Å²) in [5, 5.41) is 8.32. The molecule has 1 atom stereocenters. The number of fused-ring (bicyclic) bond motifs is 2. The van der Waals surface area contributed by atoms with Crippen LogP contribution in [0.2, 0.25) is 0 Å². The quantitative estimate of drug-likeness (QED) is 0.587. The van der Waals surface area contributed by atoms with Crippen LogP contribution >= 0.6 is 11.8 Å². The van der Waals surface area contributed by atoms with E-state index in [0.29, 0.717) is 24.1 Å². The fourth-order valence-electron chi connectivity index (χ4n) is 3.81. The topological polar surface area (TPSA) is 90.6 Å². The molecule has 0 aliphatic carbocycles. The molecule has 1 N–H and O–H groups in total. The van der Waals surface area contributed by atoms with Gasteiger partial charge in [0.1, 0.15) is 13.2 Å². The molecular weight excluding hydrogens is 414 g/mol. The molecular formula is C22H27N5O3S. The van der Waals surface area contributed by atoms with Gasteiger partial charge in [-0.2, -0.15) is 4.98 Å². The predicted octanol–water partition coefficient (Wildman–Crippen LogP) is 3.29. The van der Waals surface area contributed by atoms with E-state index in [-0.39, 0.29) is 24.3 Å². The van der Waals surface area contributed by atoms with Gasteiger partial charge in [0, 0.05) is 17.0 Å².